The second-order valence-electron chi connectivity index (χ2n) is 8.12. The smallest absolute Gasteiger partial charge is 0.339 e. The number of anilines is 1. The molecule has 0 bridgehead atoms. The summed E-state index contributed by atoms with van der Waals surface area (Å²) in [6.45, 7) is 4.35. The van der Waals surface area contributed by atoms with E-state index in [2.05, 4.69) is 15.9 Å². The highest BCUT2D eigenvalue weighted by Gasteiger charge is 2.20. The fraction of sp³-hybridized carbons (Fsp3) is 0.269. The van der Waals surface area contributed by atoms with Crippen molar-refractivity contribution in [3.05, 3.63) is 77.9 Å². The second-order valence-corrected chi connectivity index (χ2v) is 9.67. The first-order valence-electron chi connectivity index (χ1n) is 11.1. The molecule has 1 heterocycles. The zero-order chi connectivity index (χ0) is 24.8. The van der Waals surface area contributed by atoms with Crippen LogP contribution in [0.25, 0.3) is 0 Å². The monoisotopic (exact) mass is 493 g/mol. The van der Waals surface area contributed by atoms with Crippen LogP contribution in [-0.2, 0) is 16.7 Å². The van der Waals surface area contributed by atoms with Crippen LogP contribution in [0.5, 0.6) is 17.2 Å². The van der Waals surface area contributed by atoms with Crippen molar-refractivity contribution in [3.8, 4) is 23.3 Å². The van der Waals surface area contributed by atoms with E-state index in [1.54, 1.807) is 26.4 Å². The molecule has 0 aromatic heterocycles. The zero-order valence-corrected chi connectivity index (χ0v) is 20.5. The lowest BCUT2D eigenvalue weighted by molar-refractivity contribution is 0.249. The lowest BCUT2D eigenvalue weighted by Crippen LogP contribution is -2.45. The normalized spacial score (nSPS) is 14.3. The molecule has 0 aliphatic carbocycles. The Labute approximate surface area is 206 Å². The summed E-state index contributed by atoms with van der Waals surface area (Å²) in [4.78, 5) is 4.66. The summed E-state index contributed by atoms with van der Waals surface area (Å²) in [5.41, 5.74) is 2.57. The van der Waals surface area contributed by atoms with Crippen LogP contribution in [-0.4, -0.2) is 53.7 Å². The minimum Gasteiger partial charge on any atom is -0.493 e. The molecule has 8 nitrogen and oxygen atoms in total. The Morgan fingerprint density at radius 3 is 2.11 bits per heavy atom. The molecule has 0 radical (unpaired) electrons. The summed E-state index contributed by atoms with van der Waals surface area (Å²) in [6.07, 6.45) is 0. The van der Waals surface area contributed by atoms with Crippen molar-refractivity contribution < 1.29 is 22.1 Å². The van der Waals surface area contributed by atoms with Crippen molar-refractivity contribution in [2.45, 2.75) is 11.4 Å². The number of benzene rings is 3. The number of hydrogen-bond acceptors (Lipinski definition) is 8. The molecule has 3 aromatic carbocycles. The van der Waals surface area contributed by atoms with Gasteiger partial charge in [0.15, 0.2) is 11.5 Å². The molecular weight excluding hydrogens is 466 g/mol. The van der Waals surface area contributed by atoms with E-state index in [1.807, 2.05) is 30.3 Å². The summed E-state index contributed by atoms with van der Waals surface area (Å²) in [5, 5.41) is 8.87. The standard InChI is InChI=1S/C26H27N3O5S/c1-32-25-12-5-21(17-26(25)33-2)19-28-13-15-29(16-14-28)22-6-8-23(9-7-22)34-35(30,31)24-10-3-20(18-27)4-11-24/h3-12,17H,13-16,19H2,1-2H3. The van der Waals surface area contributed by atoms with Gasteiger partial charge in [0.2, 0.25) is 0 Å². The number of methoxy groups -OCH3 is 2. The number of rotatable bonds is 8. The van der Waals surface area contributed by atoms with Crippen LogP contribution in [0.2, 0.25) is 0 Å². The van der Waals surface area contributed by atoms with Gasteiger partial charge in [-0.15, -0.1) is 0 Å². The third kappa shape index (κ3) is 5.85. The molecule has 1 saturated heterocycles. The Morgan fingerprint density at radius 1 is 0.857 bits per heavy atom. The molecule has 0 N–H and O–H groups in total. The Morgan fingerprint density at radius 2 is 1.51 bits per heavy atom. The van der Waals surface area contributed by atoms with E-state index in [9.17, 15) is 8.42 Å². The van der Waals surface area contributed by atoms with Gasteiger partial charge in [-0.2, -0.15) is 13.7 Å². The van der Waals surface area contributed by atoms with Crippen LogP contribution in [0.15, 0.2) is 71.6 Å². The third-order valence-corrected chi connectivity index (χ3v) is 7.17. The second kappa shape index (κ2) is 10.7. The van der Waals surface area contributed by atoms with Crippen molar-refractivity contribution in [3.63, 3.8) is 0 Å². The minimum absolute atomic E-state index is 0.00572. The number of ether oxygens (including phenoxy) is 2. The van der Waals surface area contributed by atoms with Crippen LogP contribution in [0.1, 0.15) is 11.1 Å². The Balaban J connectivity index is 1.33. The van der Waals surface area contributed by atoms with Crippen molar-refractivity contribution in [2.75, 3.05) is 45.3 Å². The van der Waals surface area contributed by atoms with E-state index in [0.29, 0.717) is 5.56 Å². The van der Waals surface area contributed by atoms with Gasteiger partial charge in [0.25, 0.3) is 0 Å². The maximum Gasteiger partial charge on any atom is 0.339 e. The van der Waals surface area contributed by atoms with Gasteiger partial charge in [0.1, 0.15) is 10.6 Å². The molecule has 4 rings (SSSR count). The lowest BCUT2D eigenvalue weighted by atomic mass is 10.1. The Hall–Kier alpha value is -3.74. The molecule has 182 valence electrons. The van der Waals surface area contributed by atoms with Crippen LogP contribution in [0.3, 0.4) is 0 Å². The number of nitriles is 1. The fourth-order valence-corrected chi connectivity index (χ4v) is 4.91. The van der Waals surface area contributed by atoms with Crippen LogP contribution in [0, 0.1) is 11.3 Å². The minimum atomic E-state index is -3.97. The van der Waals surface area contributed by atoms with Gasteiger partial charge >= 0.3 is 10.1 Å². The first-order chi connectivity index (χ1) is 16.9. The Kier molecular flexibility index (Phi) is 7.44. The zero-order valence-electron chi connectivity index (χ0n) is 19.7. The van der Waals surface area contributed by atoms with Gasteiger partial charge in [-0.05, 0) is 66.2 Å². The summed E-state index contributed by atoms with van der Waals surface area (Å²) >= 11 is 0. The van der Waals surface area contributed by atoms with E-state index in [-0.39, 0.29) is 10.6 Å². The highest BCUT2D eigenvalue weighted by molar-refractivity contribution is 7.87. The van der Waals surface area contributed by atoms with Gasteiger partial charge in [-0.1, -0.05) is 6.07 Å². The summed E-state index contributed by atoms with van der Waals surface area (Å²) in [5.74, 6) is 1.69. The average Bonchev–Trinajstić information content (AvgIpc) is 2.89. The molecule has 0 amide bonds. The quantitative estimate of drug-likeness (QED) is 0.439. The lowest BCUT2D eigenvalue weighted by Gasteiger charge is -2.36. The van der Waals surface area contributed by atoms with Crippen molar-refractivity contribution in [1.29, 1.82) is 5.26 Å². The van der Waals surface area contributed by atoms with Crippen LogP contribution >= 0.6 is 0 Å². The van der Waals surface area contributed by atoms with Gasteiger partial charge in [0.05, 0.1) is 25.9 Å². The van der Waals surface area contributed by atoms with Crippen molar-refractivity contribution in [2.24, 2.45) is 0 Å². The number of nitrogens with zero attached hydrogens (tertiary/aromatic N) is 3. The van der Waals surface area contributed by atoms with E-state index in [0.717, 1.165) is 49.9 Å². The molecule has 3 aromatic rings. The van der Waals surface area contributed by atoms with Gasteiger partial charge in [-0.3, -0.25) is 4.90 Å². The maximum absolute atomic E-state index is 12.5. The molecule has 0 spiro atoms. The van der Waals surface area contributed by atoms with E-state index < -0.39 is 10.1 Å². The third-order valence-electron chi connectivity index (χ3n) is 5.91. The van der Waals surface area contributed by atoms with Gasteiger partial charge < -0.3 is 18.6 Å². The molecule has 1 aliphatic heterocycles. The molecule has 0 unspecified atom stereocenters. The summed E-state index contributed by atoms with van der Waals surface area (Å²) in [7, 11) is -0.702. The average molecular weight is 494 g/mol. The predicted molar refractivity (Wildman–Crippen MR) is 132 cm³/mol. The largest absolute Gasteiger partial charge is 0.493 e. The molecule has 1 aliphatic rings. The van der Waals surface area contributed by atoms with E-state index >= 15 is 0 Å². The topological polar surface area (TPSA) is 92.1 Å². The SMILES string of the molecule is COc1ccc(CN2CCN(c3ccc(OS(=O)(=O)c4ccc(C#N)cc4)cc3)CC2)cc1OC. The predicted octanol–water partition coefficient (Wildman–Crippen LogP) is 3.67. The number of piperazine rings is 1. The molecule has 35 heavy (non-hydrogen) atoms. The molecule has 0 atom stereocenters. The van der Waals surface area contributed by atoms with Crippen LogP contribution in [0.4, 0.5) is 5.69 Å². The molecule has 1 fully saturated rings. The van der Waals surface area contributed by atoms with E-state index in [1.165, 1.54) is 29.8 Å². The van der Waals surface area contributed by atoms with Gasteiger partial charge in [0, 0.05) is 38.4 Å². The highest BCUT2D eigenvalue weighted by atomic mass is 32.2. The highest BCUT2D eigenvalue weighted by Crippen LogP contribution is 2.29. The maximum atomic E-state index is 12.5. The first kappa shape index (κ1) is 24.4. The molecular formula is C26H27N3O5S. The Bertz CT molecular complexity index is 1290. The van der Waals surface area contributed by atoms with Gasteiger partial charge in [-0.25, -0.2) is 0 Å². The van der Waals surface area contributed by atoms with Crippen molar-refractivity contribution >= 4 is 15.8 Å². The molecule has 0 saturated carbocycles. The fourth-order valence-electron chi connectivity index (χ4n) is 3.98. The van der Waals surface area contributed by atoms with E-state index in [4.69, 9.17) is 18.9 Å². The van der Waals surface area contributed by atoms with Crippen LogP contribution < -0.4 is 18.6 Å². The number of hydrogen-bond donors (Lipinski definition) is 0. The summed E-state index contributed by atoms with van der Waals surface area (Å²) < 4.78 is 41.0. The molecule has 9 heteroatoms. The summed E-state index contributed by atoms with van der Waals surface area (Å²) in [6, 6.07) is 20.6. The van der Waals surface area contributed by atoms with Crippen molar-refractivity contribution in [1.82, 2.24) is 4.90 Å². The first-order valence-corrected chi connectivity index (χ1v) is 12.6.